The van der Waals surface area contributed by atoms with Crippen LogP contribution in [0.15, 0.2) is 55.6 Å². The van der Waals surface area contributed by atoms with E-state index in [4.69, 9.17) is 0 Å². The van der Waals surface area contributed by atoms with Crippen LogP contribution in [0, 0.1) is 0 Å². The van der Waals surface area contributed by atoms with Crippen LogP contribution in [0.5, 0.6) is 0 Å². The van der Waals surface area contributed by atoms with Crippen molar-refractivity contribution in [3.8, 4) is 0 Å². The van der Waals surface area contributed by atoms with E-state index in [9.17, 15) is 19.2 Å². The molecule has 21 heavy (non-hydrogen) atoms. The Labute approximate surface area is 115 Å². The lowest BCUT2D eigenvalue weighted by Crippen LogP contribution is -2.13. The molecule has 0 aliphatic rings. The largest absolute Gasteiger partial charge is 0.289 e. The van der Waals surface area contributed by atoms with Gasteiger partial charge in [0.05, 0.1) is 10.8 Å². The van der Waals surface area contributed by atoms with Gasteiger partial charge in [0.2, 0.25) is 0 Å². The summed E-state index contributed by atoms with van der Waals surface area (Å²) in [6, 6.07) is 9.19. The molecule has 0 unspecified atom stereocenters. The molecular weight excluding hydrogens is 270 g/mol. The van der Waals surface area contributed by atoms with Crippen molar-refractivity contribution in [1.82, 2.24) is 4.98 Å². The van der Waals surface area contributed by atoms with Gasteiger partial charge in [-0.2, -0.15) is 0 Å². The van der Waals surface area contributed by atoms with Crippen molar-refractivity contribution >= 4 is 32.3 Å². The summed E-state index contributed by atoms with van der Waals surface area (Å²) in [5, 5.41) is 1.25. The molecule has 0 amide bonds. The Kier molecular flexibility index (Phi) is 2.08. The second kappa shape index (κ2) is 3.73. The lowest BCUT2D eigenvalue weighted by atomic mass is 10.0. The van der Waals surface area contributed by atoms with Crippen LogP contribution in [0.3, 0.4) is 0 Å². The van der Waals surface area contributed by atoms with Gasteiger partial charge in [-0.05, 0) is 12.1 Å². The maximum atomic E-state index is 12.5. The van der Waals surface area contributed by atoms with Crippen LogP contribution < -0.4 is 22.0 Å². The standard InChI is InChI=1S/C16H7NO4/c18-13-7-3-1-2-4-8(7)14(19)10-6-12-11(5-9(10)13)15(20)17-16(12)21/h1-6H,(H,17,20,21). The Morgan fingerprint density at radius 1 is 0.571 bits per heavy atom. The summed E-state index contributed by atoms with van der Waals surface area (Å²) in [5.41, 5.74) is -1.71. The first-order valence-corrected chi connectivity index (χ1v) is 6.30. The molecule has 1 heterocycles. The van der Waals surface area contributed by atoms with Gasteiger partial charge in [-0.25, -0.2) is 0 Å². The zero-order chi connectivity index (χ0) is 14.7. The molecule has 5 heteroatoms. The number of H-pyrrole nitrogens is 1. The molecule has 0 aliphatic heterocycles. The number of rotatable bonds is 0. The van der Waals surface area contributed by atoms with Gasteiger partial charge < -0.3 is 0 Å². The molecule has 0 saturated carbocycles. The second-order valence-corrected chi connectivity index (χ2v) is 4.93. The third kappa shape index (κ3) is 1.40. The van der Waals surface area contributed by atoms with Crippen molar-refractivity contribution in [1.29, 1.82) is 0 Å². The number of aromatic nitrogens is 1. The Morgan fingerprint density at radius 2 is 1.00 bits per heavy atom. The van der Waals surface area contributed by atoms with Crippen LogP contribution in [0.25, 0.3) is 32.3 Å². The van der Waals surface area contributed by atoms with Crippen LogP contribution in [0.4, 0.5) is 0 Å². The third-order valence-corrected chi connectivity index (χ3v) is 3.78. The van der Waals surface area contributed by atoms with Gasteiger partial charge in [-0.1, -0.05) is 24.3 Å². The van der Waals surface area contributed by atoms with E-state index in [2.05, 4.69) is 4.98 Å². The van der Waals surface area contributed by atoms with Crippen molar-refractivity contribution in [3.05, 3.63) is 77.6 Å². The number of hydrogen-bond donors (Lipinski definition) is 1. The highest BCUT2D eigenvalue weighted by atomic mass is 16.2. The summed E-state index contributed by atoms with van der Waals surface area (Å²) in [5.74, 6) is 0. The average molecular weight is 277 g/mol. The average Bonchev–Trinajstić information content (AvgIpc) is 2.78. The first-order chi connectivity index (χ1) is 10.1. The molecule has 0 bridgehead atoms. The van der Waals surface area contributed by atoms with Gasteiger partial charge in [-0.3, -0.25) is 24.2 Å². The highest BCUT2D eigenvalue weighted by Crippen LogP contribution is 2.17. The summed E-state index contributed by atoms with van der Waals surface area (Å²) >= 11 is 0. The molecule has 0 atom stereocenters. The summed E-state index contributed by atoms with van der Waals surface area (Å²) in [6.45, 7) is 0. The number of aromatic amines is 1. The van der Waals surface area contributed by atoms with Gasteiger partial charge in [0.15, 0.2) is 10.9 Å². The van der Waals surface area contributed by atoms with Gasteiger partial charge in [-0.15, -0.1) is 0 Å². The van der Waals surface area contributed by atoms with Crippen LogP contribution in [-0.2, 0) is 0 Å². The maximum absolute atomic E-state index is 12.5. The van der Waals surface area contributed by atoms with E-state index in [-0.39, 0.29) is 32.4 Å². The highest BCUT2D eigenvalue weighted by Gasteiger charge is 2.14. The van der Waals surface area contributed by atoms with Crippen LogP contribution in [0.2, 0.25) is 0 Å². The van der Waals surface area contributed by atoms with E-state index < -0.39 is 11.1 Å². The SMILES string of the molecule is O=c1[nH]c(=O)c2cc3c(=O)c4ccccc4c(=O)c3cc12. The topological polar surface area (TPSA) is 84.1 Å². The smallest absolute Gasteiger partial charge is 0.258 e. The molecule has 0 aliphatic carbocycles. The zero-order valence-electron chi connectivity index (χ0n) is 10.6. The molecule has 0 saturated heterocycles. The number of fused-ring (bicyclic) bond motifs is 3. The number of benzene rings is 3. The molecule has 0 fully saturated rings. The summed E-state index contributed by atoms with van der Waals surface area (Å²) in [6.07, 6.45) is 0. The Hall–Kier alpha value is -3.08. The minimum atomic E-state index is -0.545. The van der Waals surface area contributed by atoms with Crippen LogP contribution in [0.1, 0.15) is 0 Å². The van der Waals surface area contributed by atoms with E-state index in [1.807, 2.05) is 0 Å². The zero-order valence-corrected chi connectivity index (χ0v) is 10.6. The lowest BCUT2D eigenvalue weighted by Gasteiger charge is -2.00. The fraction of sp³-hybridized carbons (Fsp3) is 0. The van der Waals surface area contributed by atoms with Crippen LogP contribution >= 0.6 is 0 Å². The summed E-state index contributed by atoms with van der Waals surface area (Å²) < 4.78 is 0. The monoisotopic (exact) mass is 277 g/mol. The van der Waals surface area contributed by atoms with Crippen molar-refractivity contribution in [3.63, 3.8) is 0 Å². The molecular formula is C16H7NO4. The molecule has 0 radical (unpaired) electrons. The Morgan fingerprint density at radius 3 is 1.43 bits per heavy atom. The van der Waals surface area contributed by atoms with Gasteiger partial charge in [0.25, 0.3) is 11.1 Å². The third-order valence-electron chi connectivity index (χ3n) is 3.78. The fourth-order valence-corrected chi connectivity index (χ4v) is 2.76. The fourth-order valence-electron chi connectivity index (χ4n) is 2.76. The van der Waals surface area contributed by atoms with E-state index >= 15 is 0 Å². The molecule has 1 aromatic heterocycles. The normalized spacial score (nSPS) is 11.6. The molecule has 0 spiro atoms. The second-order valence-electron chi connectivity index (χ2n) is 4.93. The Balaban J connectivity index is 2.45. The van der Waals surface area contributed by atoms with Crippen molar-refractivity contribution in [2.24, 2.45) is 0 Å². The number of hydrogen-bond acceptors (Lipinski definition) is 4. The first-order valence-electron chi connectivity index (χ1n) is 6.30. The van der Waals surface area contributed by atoms with Gasteiger partial charge in [0.1, 0.15) is 0 Å². The van der Waals surface area contributed by atoms with Gasteiger partial charge >= 0.3 is 0 Å². The molecule has 100 valence electrons. The molecule has 5 nitrogen and oxygen atoms in total. The van der Waals surface area contributed by atoms with Crippen LogP contribution in [-0.4, -0.2) is 4.98 Å². The van der Waals surface area contributed by atoms with E-state index in [0.29, 0.717) is 10.8 Å². The van der Waals surface area contributed by atoms with Crippen molar-refractivity contribution < 1.29 is 0 Å². The lowest BCUT2D eigenvalue weighted by molar-refractivity contribution is 1.26. The van der Waals surface area contributed by atoms with Gasteiger partial charge in [0, 0.05) is 21.5 Å². The minimum Gasteiger partial charge on any atom is -0.289 e. The summed E-state index contributed by atoms with van der Waals surface area (Å²) in [7, 11) is 0. The van der Waals surface area contributed by atoms with Crippen molar-refractivity contribution in [2.75, 3.05) is 0 Å². The molecule has 1 N–H and O–H groups in total. The van der Waals surface area contributed by atoms with Crippen molar-refractivity contribution in [2.45, 2.75) is 0 Å². The van der Waals surface area contributed by atoms with E-state index in [0.717, 1.165) is 0 Å². The molecule has 4 rings (SSSR count). The summed E-state index contributed by atoms with van der Waals surface area (Å²) in [4.78, 5) is 50.4. The predicted octanol–water partition coefficient (Wildman–Crippen LogP) is 0.791. The maximum Gasteiger partial charge on any atom is 0.258 e. The van der Waals surface area contributed by atoms with E-state index in [1.165, 1.54) is 12.1 Å². The number of nitrogens with one attached hydrogen (secondary N) is 1. The highest BCUT2D eigenvalue weighted by molar-refractivity contribution is 6.04. The quantitative estimate of drug-likeness (QED) is 0.482. The predicted molar refractivity (Wildman–Crippen MR) is 80.8 cm³/mol. The molecule has 4 aromatic rings. The minimum absolute atomic E-state index is 0.138. The molecule has 3 aromatic carbocycles. The van der Waals surface area contributed by atoms with E-state index in [1.54, 1.807) is 24.3 Å². The first kappa shape index (κ1) is 11.7. The Bertz CT molecular complexity index is 1160.